The highest BCUT2D eigenvalue weighted by Crippen LogP contribution is 2.17. The van der Waals surface area contributed by atoms with Crippen LogP contribution in [0.4, 0.5) is 0 Å². The zero-order valence-electron chi connectivity index (χ0n) is 13.9. The topological polar surface area (TPSA) is 38.3 Å². The SMILES string of the molecule is CCNC=O.CCc1ccc(CCOCCCCCCBr)s1. The lowest BCUT2D eigenvalue weighted by atomic mass is 10.2. The minimum atomic E-state index is 0.681. The van der Waals surface area contributed by atoms with Crippen LogP contribution in [0.25, 0.3) is 0 Å². The maximum Gasteiger partial charge on any atom is 0.207 e. The smallest absolute Gasteiger partial charge is 0.207 e. The second-order valence-electron chi connectivity index (χ2n) is 4.86. The summed E-state index contributed by atoms with van der Waals surface area (Å²) >= 11 is 5.37. The first kappa shape index (κ1) is 21.6. The molecule has 0 radical (unpaired) electrons. The Hall–Kier alpha value is -0.390. The van der Waals surface area contributed by atoms with Crippen molar-refractivity contribution in [2.75, 3.05) is 25.1 Å². The first-order chi connectivity index (χ1) is 10.8. The Morgan fingerprint density at radius 1 is 1.14 bits per heavy atom. The molecule has 0 bridgehead atoms. The monoisotopic (exact) mass is 391 g/mol. The van der Waals surface area contributed by atoms with Crippen molar-refractivity contribution >= 4 is 33.7 Å². The lowest BCUT2D eigenvalue weighted by molar-refractivity contribution is -0.109. The summed E-state index contributed by atoms with van der Waals surface area (Å²) in [7, 11) is 0. The van der Waals surface area contributed by atoms with Gasteiger partial charge in [-0.1, -0.05) is 35.7 Å². The van der Waals surface area contributed by atoms with Crippen molar-refractivity contribution < 1.29 is 9.53 Å². The number of amides is 1. The van der Waals surface area contributed by atoms with Crippen molar-refractivity contribution in [2.45, 2.75) is 52.4 Å². The van der Waals surface area contributed by atoms with Crippen molar-refractivity contribution in [2.24, 2.45) is 0 Å². The summed E-state index contributed by atoms with van der Waals surface area (Å²) < 4.78 is 5.66. The second kappa shape index (κ2) is 17.0. The van der Waals surface area contributed by atoms with Gasteiger partial charge >= 0.3 is 0 Å². The molecule has 1 N–H and O–H groups in total. The fourth-order valence-electron chi connectivity index (χ4n) is 1.76. The van der Waals surface area contributed by atoms with Gasteiger partial charge in [-0.25, -0.2) is 0 Å². The number of halogens is 1. The van der Waals surface area contributed by atoms with Crippen molar-refractivity contribution in [1.29, 1.82) is 0 Å². The molecule has 22 heavy (non-hydrogen) atoms. The number of hydrogen-bond acceptors (Lipinski definition) is 3. The standard InChI is InChI=1S/C14H23BrOS.C3H7NO/c1-2-13-7-8-14(17-13)9-12-16-11-6-4-3-5-10-15;1-2-4-3-5/h7-8H,2-6,9-12H2,1H3;3H,2H2,1H3,(H,4,5). The van der Waals surface area contributed by atoms with E-state index in [2.05, 4.69) is 40.3 Å². The van der Waals surface area contributed by atoms with E-state index in [1.165, 1.54) is 35.4 Å². The van der Waals surface area contributed by atoms with Gasteiger partial charge in [0.1, 0.15) is 0 Å². The third kappa shape index (κ3) is 13.3. The van der Waals surface area contributed by atoms with E-state index in [0.717, 1.165) is 37.9 Å². The summed E-state index contributed by atoms with van der Waals surface area (Å²) in [5, 5.41) is 3.56. The molecule has 0 saturated heterocycles. The number of alkyl halides is 1. The van der Waals surface area contributed by atoms with E-state index in [1.807, 2.05) is 18.3 Å². The van der Waals surface area contributed by atoms with Crippen LogP contribution in [-0.4, -0.2) is 31.5 Å². The van der Waals surface area contributed by atoms with E-state index in [1.54, 1.807) is 0 Å². The average Bonchev–Trinajstić information content (AvgIpc) is 2.99. The van der Waals surface area contributed by atoms with Crippen molar-refractivity contribution in [3.63, 3.8) is 0 Å². The van der Waals surface area contributed by atoms with Gasteiger partial charge in [0, 0.05) is 34.7 Å². The van der Waals surface area contributed by atoms with E-state index in [-0.39, 0.29) is 0 Å². The highest BCUT2D eigenvalue weighted by Gasteiger charge is 1.98. The van der Waals surface area contributed by atoms with Crippen molar-refractivity contribution in [1.82, 2.24) is 5.32 Å². The number of rotatable bonds is 12. The maximum absolute atomic E-state index is 9.29. The van der Waals surface area contributed by atoms with E-state index in [9.17, 15) is 4.79 Å². The van der Waals surface area contributed by atoms with E-state index >= 15 is 0 Å². The summed E-state index contributed by atoms with van der Waals surface area (Å²) in [6.07, 6.45) is 8.02. The van der Waals surface area contributed by atoms with Gasteiger partial charge in [-0.3, -0.25) is 4.79 Å². The van der Waals surface area contributed by atoms with Gasteiger partial charge in [0.15, 0.2) is 0 Å². The fourth-order valence-corrected chi connectivity index (χ4v) is 3.09. The molecule has 1 heterocycles. The molecule has 0 spiro atoms. The number of ether oxygens (including phenoxy) is 1. The first-order valence-electron chi connectivity index (χ1n) is 8.16. The van der Waals surface area contributed by atoms with Gasteiger partial charge in [-0.15, -0.1) is 11.3 Å². The van der Waals surface area contributed by atoms with Crippen molar-refractivity contribution in [3.05, 3.63) is 21.9 Å². The minimum Gasteiger partial charge on any atom is -0.381 e. The van der Waals surface area contributed by atoms with Crippen LogP contribution in [0, 0.1) is 0 Å². The third-order valence-corrected chi connectivity index (χ3v) is 4.87. The minimum absolute atomic E-state index is 0.681. The van der Waals surface area contributed by atoms with Gasteiger partial charge in [0.2, 0.25) is 6.41 Å². The quantitative estimate of drug-likeness (QED) is 0.321. The number of unbranched alkanes of at least 4 members (excludes halogenated alkanes) is 3. The Kier molecular flexibility index (Phi) is 16.7. The zero-order chi connectivity index (χ0) is 16.5. The Labute approximate surface area is 148 Å². The molecule has 1 aromatic heterocycles. The van der Waals surface area contributed by atoms with Crippen molar-refractivity contribution in [3.8, 4) is 0 Å². The third-order valence-electron chi connectivity index (χ3n) is 3.02. The molecular weight excluding hydrogens is 362 g/mol. The van der Waals surface area contributed by atoms with Gasteiger partial charge in [0.25, 0.3) is 0 Å². The van der Waals surface area contributed by atoms with Crippen LogP contribution in [0.2, 0.25) is 0 Å². The van der Waals surface area contributed by atoms with Crippen LogP contribution in [0.15, 0.2) is 12.1 Å². The molecule has 0 aliphatic carbocycles. The molecule has 128 valence electrons. The lowest BCUT2D eigenvalue weighted by Gasteiger charge is -2.02. The van der Waals surface area contributed by atoms with Gasteiger partial charge in [0.05, 0.1) is 6.61 Å². The normalized spacial score (nSPS) is 9.95. The molecule has 0 fully saturated rings. The van der Waals surface area contributed by atoms with Crippen LogP contribution in [0.3, 0.4) is 0 Å². The fraction of sp³-hybridized carbons (Fsp3) is 0.706. The Bertz CT molecular complexity index is 358. The summed E-state index contributed by atoms with van der Waals surface area (Å²) in [5.41, 5.74) is 0. The summed E-state index contributed by atoms with van der Waals surface area (Å²) in [5.74, 6) is 0. The highest BCUT2D eigenvalue weighted by molar-refractivity contribution is 9.09. The van der Waals surface area contributed by atoms with Gasteiger partial charge in [-0.05, 0) is 38.3 Å². The molecule has 0 aliphatic rings. The molecule has 0 unspecified atom stereocenters. The molecule has 1 amide bonds. The number of carbonyl (C=O) groups is 1. The Balaban J connectivity index is 0.000000763. The molecule has 3 nitrogen and oxygen atoms in total. The van der Waals surface area contributed by atoms with Crippen LogP contribution < -0.4 is 5.32 Å². The summed E-state index contributed by atoms with van der Waals surface area (Å²) in [4.78, 5) is 12.2. The van der Waals surface area contributed by atoms with Crippen LogP contribution in [0.5, 0.6) is 0 Å². The Morgan fingerprint density at radius 2 is 1.86 bits per heavy atom. The number of nitrogens with one attached hydrogen (secondary N) is 1. The molecule has 0 aromatic carbocycles. The van der Waals surface area contributed by atoms with Crippen LogP contribution in [0.1, 0.15) is 49.3 Å². The summed E-state index contributed by atoms with van der Waals surface area (Å²) in [6, 6.07) is 4.48. The Morgan fingerprint density at radius 3 is 2.41 bits per heavy atom. The predicted molar refractivity (Wildman–Crippen MR) is 100 cm³/mol. The van der Waals surface area contributed by atoms with E-state index in [0.29, 0.717) is 6.41 Å². The lowest BCUT2D eigenvalue weighted by Crippen LogP contribution is -2.07. The summed E-state index contributed by atoms with van der Waals surface area (Å²) in [6.45, 7) is 6.60. The zero-order valence-corrected chi connectivity index (χ0v) is 16.3. The number of carbonyl (C=O) groups excluding carboxylic acids is 1. The second-order valence-corrected chi connectivity index (χ2v) is 6.91. The van der Waals surface area contributed by atoms with Gasteiger partial charge < -0.3 is 10.1 Å². The molecule has 1 aromatic rings. The largest absolute Gasteiger partial charge is 0.381 e. The molecule has 0 saturated carbocycles. The molecule has 0 atom stereocenters. The number of hydrogen-bond donors (Lipinski definition) is 1. The average molecular weight is 392 g/mol. The van der Waals surface area contributed by atoms with Crippen LogP contribution >= 0.6 is 27.3 Å². The molecule has 0 aliphatic heterocycles. The highest BCUT2D eigenvalue weighted by atomic mass is 79.9. The predicted octanol–water partition coefficient (Wildman–Crippen LogP) is 4.58. The molecule has 5 heteroatoms. The van der Waals surface area contributed by atoms with E-state index in [4.69, 9.17) is 4.74 Å². The molecular formula is C17H30BrNO2S. The molecule has 1 rings (SSSR count). The maximum atomic E-state index is 9.29. The van der Waals surface area contributed by atoms with Gasteiger partial charge in [-0.2, -0.15) is 0 Å². The van der Waals surface area contributed by atoms with Crippen LogP contribution in [-0.2, 0) is 22.4 Å². The first-order valence-corrected chi connectivity index (χ1v) is 10.1. The number of aryl methyl sites for hydroxylation is 1. The number of thiophene rings is 1. The van der Waals surface area contributed by atoms with E-state index < -0.39 is 0 Å².